The van der Waals surface area contributed by atoms with Crippen molar-refractivity contribution in [2.45, 2.75) is 0 Å². The number of aliphatic hydroxyl groups excluding tert-OH is 2. The first kappa shape index (κ1) is 18.8. The van der Waals surface area contributed by atoms with E-state index in [1.165, 1.54) is 0 Å². The smallest absolute Gasteiger partial charge is 0.0797 e. The van der Waals surface area contributed by atoms with Crippen molar-refractivity contribution in [1.82, 2.24) is 0 Å². The molecule has 0 atom stereocenters. The van der Waals surface area contributed by atoms with Crippen LogP contribution in [-0.4, -0.2) is 10.2 Å². The number of hydrogen-bond acceptors (Lipinski definition) is 2. The Morgan fingerprint density at radius 3 is 0.917 bits per heavy atom. The Bertz CT molecular complexity index is 601. The van der Waals surface area contributed by atoms with Gasteiger partial charge < -0.3 is 10.2 Å². The molecule has 0 saturated carbocycles. The third-order valence-corrected chi connectivity index (χ3v) is 2.80. The maximum atomic E-state index is 8.34. The van der Waals surface area contributed by atoms with E-state index < -0.39 is 0 Å². The average molecular weight is 318 g/mol. The molecule has 24 heavy (non-hydrogen) atoms. The van der Waals surface area contributed by atoms with Crippen molar-refractivity contribution >= 4 is 12.2 Å². The topological polar surface area (TPSA) is 40.5 Å². The lowest BCUT2D eigenvalue weighted by atomic mass is 10.2. The van der Waals surface area contributed by atoms with Crippen molar-refractivity contribution in [2.75, 3.05) is 0 Å². The SMILES string of the molecule is OC=Cc1ccccc1.OC=Cc1ccccc1.c1ccccc1. The van der Waals surface area contributed by atoms with Crippen LogP contribution < -0.4 is 0 Å². The summed E-state index contributed by atoms with van der Waals surface area (Å²) in [5.74, 6) is 0. The van der Waals surface area contributed by atoms with Crippen LogP contribution in [0.4, 0.5) is 0 Å². The fourth-order valence-electron chi connectivity index (χ4n) is 1.69. The molecular formula is C22H22O2. The Labute approximate surface area is 143 Å². The number of aliphatic hydroxyl groups is 2. The summed E-state index contributed by atoms with van der Waals surface area (Å²) in [6.45, 7) is 0. The summed E-state index contributed by atoms with van der Waals surface area (Å²) in [5, 5.41) is 16.7. The van der Waals surface area contributed by atoms with Crippen molar-refractivity contribution in [2.24, 2.45) is 0 Å². The van der Waals surface area contributed by atoms with E-state index in [4.69, 9.17) is 10.2 Å². The van der Waals surface area contributed by atoms with Crippen LogP contribution in [0.2, 0.25) is 0 Å². The Morgan fingerprint density at radius 2 is 0.667 bits per heavy atom. The average Bonchev–Trinajstić information content (AvgIpc) is 2.67. The largest absolute Gasteiger partial charge is 0.516 e. The zero-order valence-electron chi connectivity index (χ0n) is 13.4. The Morgan fingerprint density at radius 1 is 0.417 bits per heavy atom. The predicted octanol–water partition coefficient (Wildman–Crippen LogP) is 6.12. The highest BCUT2D eigenvalue weighted by molar-refractivity contribution is 5.47. The number of benzene rings is 3. The van der Waals surface area contributed by atoms with Crippen LogP contribution in [0.3, 0.4) is 0 Å². The van der Waals surface area contributed by atoms with Gasteiger partial charge in [0.05, 0.1) is 12.5 Å². The Balaban J connectivity index is 0.000000184. The summed E-state index contributed by atoms with van der Waals surface area (Å²) >= 11 is 0. The molecule has 0 aromatic heterocycles. The van der Waals surface area contributed by atoms with Gasteiger partial charge in [0.15, 0.2) is 0 Å². The van der Waals surface area contributed by atoms with Gasteiger partial charge in [0.1, 0.15) is 0 Å². The van der Waals surface area contributed by atoms with Crippen LogP contribution in [0.1, 0.15) is 11.1 Å². The second-order valence-corrected chi connectivity index (χ2v) is 4.61. The molecule has 122 valence electrons. The van der Waals surface area contributed by atoms with Gasteiger partial charge in [-0.05, 0) is 23.3 Å². The molecule has 3 aromatic carbocycles. The molecule has 2 nitrogen and oxygen atoms in total. The molecule has 3 rings (SSSR count). The molecule has 0 saturated heterocycles. The molecule has 0 unspecified atom stereocenters. The van der Waals surface area contributed by atoms with E-state index in [0.717, 1.165) is 23.7 Å². The fourth-order valence-corrected chi connectivity index (χ4v) is 1.69. The van der Waals surface area contributed by atoms with E-state index in [1.54, 1.807) is 12.2 Å². The maximum absolute atomic E-state index is 8.34. The predicted molar refractivity (Wildman–Crippen MR) is 103 cm³/mol. The van der Waals surface area contributed by atoms with Crippen LogP contribution in [0, 0.1) is 0 Å². The molecule has 0 bridgehead atoms. The minimum absolute atomic E-state index is 1.01. The highest BCUT2D eigenvalue weighted by Gasteiger charge is 1.79. The summed E-state index contributed by atoms with van der Waals surface area (Å²) in [6, 6.07) is 31.3. The Hall–Kier alpha value is -3.26. The van der Waals surface area contributed by atoms with Gasteiger partial charge in [0, 0.05) is 0 Å². The van der Waals surface area contributed by atoms with Crippen LogP contribution >= 0.6 is 0 Å². The Kier molecular flexibility index (Phi) is 10.5. The van der Waals surface area contributed by atoms with Crippen LogP contribution in [0.5, 0.6) is 0 Å². The summed E-state index contributed by atoms with van der Waals surface area (Å²) in [4.78, 5) is 0. The minimum atomic E-state index is 1.01. The van der Waals surface area contributed by atoms with Crippen molar-refractivity contribution in [3.63, 3.8) is 0 Å². The second-order valence-electron chi connectivity index (χ2n) is 4.61. The summed E-state index contributed by atoms with van der Waals surface area (Å²) in [5.41, 5.74) is 2.03. The monoisotopic (exact) mass is 318 g/mol. The van der Waals surface area contributed by atoms with Crippen LogP contribution in [-0.2, 0) is 0 Å². The lowest BCUT2D eigenvalue weighted by Crippen LogP contribution is -1.66. The van der Waals surface area contributed by atoms with Gasteiger partial charge in [-0.15, -0.1) is 0 Å². The first-order valence-corrected chi connectivity index (χ1v) is 7.58. The van der Waals surface area contributed by atoms with E-state index in [9.17, 15) is 0 Å². The molecule has 0 aliphatic rings. The third-order valence-electron chi connectivity index (χ3n) is 2.80. The van der Waals surface area contributed by atoms with Gasteiger partial charge in [-0.25, -0.2) is 0 Å². The lowest BCUT2D eigenvalue weighted by molar-refractivity contribution is 0.477. The highest BCUT2D eigenvalue weighted by atomic mass is 16.2. The number of hydrogen-bond donors (Lipinski definition) is 2. The minimum Gasteiger partial charge on any atom is -0.516 e. The zero-order chi connectivity index (χ0) is 17.3. The quantitative estimate of drug-likeness (QED) is 0.559. The van der Waals surface area contributed by atoms with E-state index in [1.807, 2.05) is 97.1 Å². The summed E-state index contributed by atoms with van der Waals surface area (Å²) in [6.07, 6.45) is 5.35. The fraction of sp³-hybridized carbons (Fsp3) is 0. The lowest BCUT2D eigenvalue weighted by Gasteiger charge is -1.86. The molecule has 0 amide bonds. The maximum Gasteiger partial charge on any atom is 0.0797 e. The van der Waals surface area contributed by atoms with E-state index >= 15 is 0 Å². The van der Waals surface area contributed by atoms with Crippen LogP contribution in [0.25, 0.3) is 12.2 Å². The van der Waals surface area contributed by atoms with Gasteiger partial charge in [0.25, 0.3) is 0 Å². The third kappa shape index (κ3) is 9.64. The van der Waals surface area contributed by atoms with Crippen LogP contribution in [0.15, 0.2) is 110 Å². The first-order chi connectivity index (χ1) is 11.9. The van der Waals surface area contributed by atoms with E-state index in [2.05, 4.69) is 0 Å². The molecule has 2 N–H and O–H groups in total. The van der Waals surface area contributed by atoms with Crippen molar-refractivity contribution in [3.05, 3.63) is 121 Å². The summed E-state index contributed by atoms with van der Waals surface area (Å²) in [7, 11) is 0. The highest BCUT2D eigenvalue weighted by Crippen LogP contribution is 1.99. The molecular weight excluding hydrogens is 296 g/mol. The van der Waals surface area contributed by atoms with E-state index in [-0.39, 0.29) is 0 Å². The standard InChI is InChI=1S/2C8H8O.C6H6/c2*9-7-6-8-4-2-1-3-5-8;1-2-4-6-5-3-1/h2*1-7,9H;1-6H. The van der Waals surface area contributed by atoms with Gasteiger partial charge in [-0.3, -0.25) is 0 Å². The molecule has 3 aromatic rings. The summed E-state index contributed by atoms with van der Waals surface area (Å²) < 4.78 is 0. The van der Waals surface area contributed by atoms with Crippen molar-refractivity contribution < 1.29 is 10.2 Å². The second kappa shape index (κ2) is 13.4. The van der Waals surface area contributed by atoms with Crippen molar-refractivity contribution in [3.8, 4) is 0 Å². The van der Waals surface area contributed by atoms with E-state index in [0.29, 0.717) is 0 Å². The molecule has 0 radical (unpaired) electrons. The van der Waals surface area contributed by atoms with Gasteiger partial charge >= 0.3 is 0 Å². The normalized spacial score (nSPS) is 9.67. The molecule has 0 fully saturated rings. The molecule has 0 spiro atoms. The molecule has 0 aliphatic heterocycles. The molecule has 0 heterocycles. The number of rotatable bonds is 2. The molecule has 2 heteroatoms. The zero-order valence-corrected chi connectivity index (χ0v) is 13.4. The van der Waals surface area contributed by atoms with Gasteiger partial charge in [-0.1, -0.05) is 97.1 Å². The molecule has 0 aliphatic carbocycles. The first-order valence-electron chi connectivity index (χ1n) is 7.58. The van der Waals surface area contributed by atoms with Gasteiger partial charge in [0.2, 0.25) is 0 Å². The van der Waals surface area contributed by atoms with Gasteiger partial charge in [-0.2, -0.15) is 0 Å². The van der Waals surface area contributed by atoms with Crippen molar-refractivity contribution in [1.29, 1.82) is 0 Å².